The number of non-ortho nitro benzene ring substituents is 1. The molecule has 1 aliphatic rings. The van der Waals surface area contributed by atoms with E-state index in [1.54, 1.807) is 6.07 Å². The molecule has 8 heteroatoms. The summed E-state index contributed by atoms with van der Waals surface area (Å²) in [5.74, 6) is -0.609. The van der Waals surface area contributed by atoms with Crippen LogP contribution in [0.1, 0.15) is 33.5 Å². The summed E-state index contributed by atoms with van der Waals surface area (Å²) >= 11 is 0. The number of rotatable bonds is 4. The first-order chi connectivity index (χ1) is 11.9. The van der Waals surface area contributed by atoms with Crippen molar-refractivity contribution in [2.24, 2.45) is 0 Å². The number of carbonyl (C=O) groups excluding carboxylic acids is 1. The van der Waals surface area contributed by atoms with Crippen LogP contribution < -0.4 is 5.32 Å². The molecule has 0 aliphatic heterocycles. The van der Waals surface area contributed by atoms with Crippen molar-refractivity contribution in [2.45, 2.75) is 26.2 Å². The van der Waals surface area contributed by atoms with Gasteiger partial charge in [-0.15, -0.1) is 0 Å². The van der Waals surface area contributed by atoms with Crippen LogP contribution in [0.2, 0.25) is 0 Å². The van der Waals surface area contributed by atoms with Gasteiger partial charge in [-0.3, -0.25) is 25.0 Å². The largest absolute Gasteiger partial charge is 0.322 e. The molecule has 2 aromatic rings. The van der Waals surface area contributed by atoms with E-state index < -0.39 is 27.1 Å². The predicted molar refractivity (Wildman–Crippen MR) is 90.9 cm³/mol. The fourth-order valence-electron chi connectivity index (χ4n) is 3.06. The second-order valence-corrected chi connectivity index (χ2v) is 5.94. The van der Waals surface area contributed by atoms with Crippen LogP contribution >= 0.6 is 0 Å². The number of aryl methyl sites for hydroxylation is 2. The van der Waals surface area contributed by atoms with Gasteiger partial charge in [0.05, 0.1) is 21.5 Å². The number of amides is 1. The molecule has 0 fully saturated rings. The maximum absolute atomic E-state index is 12.5. The Morgan fingerprint density at radius 3 is 2.44 bits per heavy atom. The molecule has 0 aromatic heterocycles. The first-order valence-electron chi connectivity index (χ1n) is 7.73. The minimum absolute atomic E-state index is 0.0820. The lowest BCUT2D eigenvalue weighted by Crippen LogP contribution is -2.15. The molecule has 8 nitrogen and oxygen atoms in total. The Hall–Kier alpha value is -3.29. The van der Waals surface area contributed by atoms with E-state index in [-0.39, 0.29) is 11.1 Å². The average molecular weight is 341 g/mol. The smallest absolute Gasteiger partial charge is 0.279 e. The molecular weight excluding hydrogens is 326 g/mol. The van der Waals surface area contributed by atoms with Crippen molar-refractivity contribution in [3.05, 3.63) is 72.8 Å². The Bertz CT molecular complexity index is 907. The van der Waals surface area contributed by atoms with E-state index in [0.29, 0.717) is 5.69 Å². The minimum atomic E-state index is -0.751. The Morgan fingerprint density at radius 1 is 1.04 bits per heavy atom. The van der Waals surface area contributed by atoms with Crippen LogP contribution in [0.5, 0.6) is 0 Å². The number of nitro benzene ring substituents is 2. The summed E-state index contributed by atoms with van der Waals surface area (Å²) in [6.07, 6.45) is 3.03. The normalized spacial score (nSPS) is 12.5. The van der Waals surface area contributed by atoms with Gasteiger partial charge in [-0.05, 0) is 49.4 Å². The SMILES string of the molecule is Cc1c(C(=O)Nc2ccc3c(c2)CCC3)cc([N+](=O)[O-])cc1[N+](=O)[O-]. The maximum atomic E-state index is 12.5. The zero-order valence-electron chi connectivity index (χ0n) is 13.4. The van der Waals surface area contributed by atoms with Crippen LogP contribution in [0.15, 0.2) is 30.3 Å². The molecule has 0 radical (unpaired) electrons. The number of hydrogen-bond acceptors (Lipinski definition) is 5. The molecule has 0 atom stereocenters. The summed E-state index contributed by atoms with van der Waals surface area (Å²) in [6, 6.07) is 7.51. The minimum Gasteiger partial charge on any atom is -0.322 e. The van der Waals surface area contributed by atoms with Gasteiger partial charge in [0.2, 0.25) is 0 Å². The standard InChI is InChI=1S/C17H15N3O5/c1-10-15(8-14(19(22)23)9-16(10)20(24)25)17(21)18-13-6-5-11-3-2-4-12(11)7-13/h5-9H,2-4H2,1H3,(H,18,21). The highest BCUT2D eigenvalue weighted by molar-refractivity contribution is 6.06. The number of nitrogens with one attached hydrogen (secondary N) is 1. The van der Waals surface area contributed by atoms with Crippen LogP contribution in [-0.2, 0) is 12.8 Å². The summed E-state index contributed by atoms with van der Waals surface area (Å²) in [4.78, 5) is 33.2. The Morgan fingerprint density at radius 2 is 1.76 bits per heavy atom. The summed E-state index contributed by atoms with van der Waals surface area (Å²) < 4.78 is 0. The summed E-state index contributed by atoms with van der Waals surface area (Å²) in [7, 11) is 0. The number of carbonyl (C=O) groups is 1. The molecule has 0 saturated heterocycles. The van der Waals surface area contributed by atoms with Crippen molar-refractivity contribution in [2.75, 3.05) is 5.32 Å². The Labute approximate surface area is 142 Å². The topological polar surface area (TPSA) is 115 Å². The van der Waals surface area contributed by atoms with Crippen molar-refractivity contribution in [1.82, 2.24) is 0 Å². The second-order valence-electron chi connectivity index (χ2n) is 5.94. The number of anilines is 1. The number of hydrogen-bond donors (Lipinski definition) is 1. The zero-order chi connectivity index (χ0) is 18.1. The van der Waals surface area contributed by atoms with Gasteiger partial charge >= 0.3 is 0 Å². The van der Waals surface area contributed by atoms with Crippen LogP contribution in [0.25, 0.3) is 0 Å². The molecule has 0 spiro atoms. The number of nitro groups is 2. The van der Waals surface area contributed by atoms with Crippen molar-refractivity contribution < 1.29 is 14.6 Å². The third-order valence-corrected chi connectivity index (χ3v) is 4.37. The van der Waals surface area contributed by atoms with Crippen LogP contribution in [0.4, 0.5) is 17.1 Å². The maximum Gasteiger partial charge on any atom is 0.279 e. The number of nitrogens with zero attached hydrogens (tertiary/aromatic N) is 2. The quantitative estimate of drug-likeness (QED) is 0.674. The van der Waals surface area contributed by atoms with Crippen molar-refractivity contribution >= 4 is 23.0 Å². The molecule has 0 saturated carbocycles. The van der Waals surface area contributed by atoms with Crippen LogP contribution in [0.3, 0.4) is 0 Å². The molecule has 1 N–H and O–H groups in total. The van der Waals surface area contributed by atoms with E-state index in [9.17, 15) is 25.0 Å². The van der Waals surface area contributed by atoms with Crippen molar-refractivity contribution in [3.8, 4) is 0 Å². The van der Waals surface area contributed by atoms with E-state index >= 15 is 0 Å². The highest BCUT2D eigenvalue weighted by atomic mass is 16.6. The van der Waals surface area contributed by atoms with Gasteiger partial charge in [0.1, 0.15) is 0 Å². The van der Waals surface area contributed by atoms with Gasteiger partial charge in [0, 0.05) is 17.3 Å². The molecule has 3 rings (SSSR count). The van der Waals surface area contributed by atoms with Gasteiger partial charge in [0.15, 0.2) is 0 Å². The molecule has 25 heavy (non-hydrogen) atoms. The van der Waals surface area contributed by atoms with Gasteiger partial charge in [-0.2, -0.15) is 0 Å². The van der Waals surface area contributed by atoms with E-state index in [1.807, 2.05) is 12.1 Å². The van der Waals surface area contributed by atoms with Gasteiger partial charge in [-0.25, -0.2) is 0 Å². The lowest BCUT2D eigenvalue weighted by Gasteiger charge is -2.10. The monoisotopic (exact) mass is 341 g/mol. The summed E-state index contributed by atoms with van der Waals surface area (Å²) in [5.41, 5.74) is 2.05. The molecule has 0 heterocycles. The van der Waals surface area contributed by atoms with Crippen molar-refractivity contribution in [1.29, 1.82) is 0 Å². The lowest BCUT2D eigenvalue weighted by molar-refractivity contribution is -0.394. The zero-order valence-corrected chi connectivity index (χ0v) is 13.4. The summed E-state index contributed by atoms with van der Waals surface area (Å²) in [5, 5.41) is 24.8. The molecule has 0 bridgehead atoms. The fraction of sp³-hybridized carbons (Fsp3) is 0.235. The van der Waals surface area contributed by atoms with Crippen molar-refractivity contribution in [3.63, 3.8) is 0 Å². The second kappa shape index (κ2) is 6.31. The third-order valence-electron chi connectivity index (χ3n) is 4.37. The molecule has 128 valence electrons. The molecule has 1 aliphatic carbocycles. The van der Waals surface area contributed by atoms with Crippen LogP contribution in [0, 0.1) is 27.2 Å². The highest BCUT2D eigenvalue weighted by Gasteiger charge is 2.25. The molecule has 0 unspecified atom stereocenters. The van der Waals surface area contributed by atoms with E-state index in [0.717, 1.165) is 31.4 Å². The summed E-state index contributed by atoms with van der Waals surface area (Å²) in [6.45, 7) is 1.40. The number of benzene rings is 2. The number of fused-ring (bicyclic) bond motifs is 1. The molecule has 2 aromatic carbocycles. The van der Waals surface area contributed by atoms with Gasteiger partial charge in [-0.1, -0.05) is 6.07 Å². The highest BCUT2D eigenvalue weighted by Crippen LogP contribution is 2.29. The van der Waals surface area contributed by atoms with Crippen LogP contribution in [-0.4, -0.2) is 15.8 Å². The molecule has 1 amide bonds. The first kappa shape index (κ1) is 16.6. The Kier molecular flexibility index (Phi) is 4.18. The Balaban J connectivity index is 1.96. The van der Waals surface area contributed by atoms with E-state index in [4.69, 9.17) is 0 Å². The third kappa shape index (κ3) is 3.18. The van der Waals surface area contributed by atoms with E-state index in [2.05, 4.69) is 5.32 Å². The van der Waals surface area contributed by atoms with Gasteiger partial charge in [0.25, 0.3) is 17.3 Å². The van der Waals surface area contributed by atoms with Gasteiger partial charge < -0.3 is 5.32 Å². The average Bonchev–Trinajstić information content (AvgIpc) is 3.02. The first-order valence-corrected chi connectivity index (χ1v) is 7.73. The lowest BCUT2D eigenvalue weighted by atomic mass is 10.0. The predicted octanol–water partition coefficient (Wildman–Crippen LogP) is 3.55. The van der Waals surface area contributed by atoms with E-state index in [1.165, 1.54) is 18.1 Å². The molecular formula is C17H15N3O5. The fourth-order valence-corrected chi connectivity index (χ4v) is 3.06.